The quantitative estimate of drug-likeness (QED) is 0.753. The molecule has 0 aliphatic heterocycles. The van der Waals surface area contributed by atoms with E-state index in [0.29, 0.717) is 11.3 Å². The van der Waals surface area contributed by atoms with Crippen LogP contribution in [0.1, 0.15) is 58.8 Å². The Kier molecular flexibility index (Phi) is 5.18. The summed E-state index contributed by atoms with van der Waals surface area (Å²) in [6.07, 6.45) is 7.36. The highest BCUT2D eigenvalue weighted by molar-refractivity contribution is 7.99. The second kappa shape index (κ2) is 6.49. The van der Waals surface area contributed by atoms with Gasteiger partial charge in [0, 0.05) is 11.3 Å². The molecule has 0 spiro atoms. The Bertz CT molecular complexity index is 319. The predicted octanol–water partition coefficient (Wildman–Crippen LogP) is 3.28. The number of thioether (sulfide) groups is 1. The largest absolute Gasteiger partial charge is 0.480 e. The third-order valence-corrected chi connectivity index (χ3v) is 6.12. The first-order valence-electron chi connectivity index (χ1n) is 7.68. The van der Waals surface area contributed by atoms with Crippen molar-refractivity contribution in [3.8, 4) is 0 Å². The Morgan fingerprint density at radius 2 is 2.21 bits per heavy atom. The van der Waals surface area contributed by atoms with E-state index < -0.39 is 11.5 Å². The van der Waals surface area contributed by atoms with Gasteiger partial charge in [-0.05, 0) is 50.2 Å². The van der Waals surface area contributed by atoms with Crippen molar-refractivity contribution < 1.29 is 9.90 Å². The van der Waals surface area contributed by atoms with Crippen molar-refractivity contribution in [3.63, 3.8) is 0 Å². The van der Waals surface area contributed by atoms with Gasteiger partial charge in [0.15, 0.2) is 0 Å². The molecule has 3 nitrogen and oxygen atoms in total. The highest BCUT2D eigenvalue weighted by Crippen LogP contribution is 2.38. The first-order valence-corrected chi connectivity index (χ1v) is 8.73. The lowest BCUT2D eigenvalue weighted by Gasteiger charge is -2.38. The molecule has 2 rings (SSSR count). The normalized spacial score (nSPS) is 33.1. The lowest BCUT2D eigenvalue weighted by Crippen LogP contribution is -2.56. The zero-order valence-electron chi connectivity index (χ0n) is 12.2. The van der Waals surface area contributed by atoms with E-state index in [1.807, 2.05) is 11.8 Å². The van der Waals surface area contributed by atoms with Crippen molar-refractivity contribution in [2.45, 2.75) is 75.6 Å². The van der Waals surface area contributed by atoms with Crippen LogP contribution in [-0.4, -0.2) is 33.7 Å². The fraction of sp³-hybridized carbons (Fsp3) is 0.933. The summed E-state index contributed by atoms with van der Waals surface area (Å²) in [5, 5.41) is 13.6. The highest BCUT2D eigenvalue weighted by atomic mass is 32.2. The lowest BCUT2D eigenvalue weighted by atomic mass is 9.81. The molecule has 0 radical (unpaired) electrons. The summed E-state index contributed by atoms with van der Waals surface area (Å²) in [7, 11) is 0. The molecular formula is C15H27NO2S. The molecule has 0 heterocycles. The molecule has 2 aliphatic carbocycles. The van der Waals surface area contributed by atoms with Gasteiger partial charge < -0.3 is 5.11 Å². The van der Waals surface area contributed by atoms with Crippen molar-refractivity contribution >= 4 is 17.7 Å². The maximum Gasteiger partial charge on any atom is 0.323 e. The molecular weight excluding hydrogens is 258 g/mol. The minimum Gasteiger partial charge on any atom is -0.480 e. The molecule has 0 aromatic heterocycles. The molecule has 0 amide bonds. The van der Waals surface area contributed by atoms with Gasteiger partial charge in [-0.15, -0.1) is 0 Å². The Balaban J connectivity index is 1.90. The fourth-order valence-corrected chi connectivity index (χ4v) is 4.36. The van der Waals surface area contributed by atoms with E-state index in [1.54, 1.807) is 0 Å². The van der Waals surface area contributed by atoms with Crippen LogP contribution in [0, 0.1) is 5.92 Å². The molecule has 0 saturated heterocycles. The maximum atomic E-state index is 11.7. The molecule has 3 atom stereocenters. The smallest absolute Gasteiger partial charge is 0.323 e. The minimum atomic E-state index is -0.632. The summed E-state index contributed by atoms with van der Waals surface area (Å²) >= 11 is 1.99. The average molecular weight is 285 g/mol. The van der Waals surface area contributed by atoms with Crippen LogP contribution in [0.5, 0.6) is 0 Å². The molecule has 2 aliphatic rings. The third kappa shape index (κ3) is 4.12. The number of carbonyl (C=O) groups is 1. The van der Waals surface area contributed by atoms with E-state index in [1.165, 1.54) is 18.6 Å². The van der Waals surface area contributed by atoms with Gasteiger partial charge in [0.05, 0.1) is 0 Å². The first-order chi connectivity index (χ1) is 9.05. The summed E-state index contributed by atoms with van der Waals surface area (Å²) in [6, 6.07) is 0.467. The van der Waals surface area contributed by atoms with E-state index in [-0.39, 0.29) is 0 Å². The van der Waals surface area contributed by atoms with Crippen LogP contribution < -0.4 is 5.32 Å². The number of aliphatic carboxylic acids is 1. The molecule has 0 aromatic carbocycles. The average Bonchev–Trinajstić information content (AvgIpc) is 3.20. The van der Waals surface area contributed by atoms with Crippen LogP contribution in [-0.2, 0) is 4.79 Å². The molecule has 2 N–H and O–H groups in total. The Morgan fingerprint density at radius 3 is 2.79 bits per heavy atom. The van der Waals surface area contributed by atoms with Crippen molar-refractivity contribution in [2.75, 3.05) is 5.75 Å². The van der Waals surface area contributed by atoms with Crippen LogP contribution in [0.2, 0.25) is 0 Å². The molecule has 0 bridgehead atoms. The van der Waals surface area contributed by atoms with Crippen LogP contribution >= 0.6 is 11.8 Å². The molecule has 0 aromatic rings. The second-order valence-corrected chi connectivity index (χ2v) is 7.70. The highest BCUT2D eigenvalue weighted by Gasteiger charge is 2.45. The maximum absolute atomic E-state index is 11.7. The molecule has 2 fully saturated rings. The number of hydrogen-bond acceptors (Lipinski definition) is 3. The molecule has 4 heteroatoms. The fourth-order valence-electron chi connectivity index (χ4n) is 2.79. The number of carboxylic acids is 1. The summed E-state index contributed by atoms with van der Waals surface area (Å²) in [5.74, 6) is 1.27. The predicted molar refractivity (Wildman–Crippen MR) is 80.7 cm³/mol. The summed E-state index contributed by atoms with van der Waals surface area (Å²) in [6.45, 7) is 4.50. The van der Waals surface area contributed by atoms with Crippen LogP contribution in [0.3, 0.4) is 0 Å². The van der Waals surface area contributed by atoms with E-state index in [9.17, 15) is 9.90 Å². The summed E-state index contributed by atoms with van der Waals surface area (Å²) < 4.78 is 0. The van der Waals surface area contributed by atoms with Crippen molar-refractivity contribution in [1.29, 1.82) is 0 Å². The molecule has 110 valence electrons. The molecule has 19 heavy (non-hydrogen) atoms. The van der Waals surface area contributed by atoms with E-state index in [2.05, 4.69) is 19.2 Å². The van der Waals surface area contributed by atoms with Gasteiger partial charge in [0.25, 0.3) is 0 Å². The number of hydrogen-bond donors (Lipinski definition) is 2. The van der Waals surface area contributed by atoms with E-state index in [0.717, 1.165) is 38.0 Å². The van der Waals surface area contributed by atoms with Gasteiger partial charge in [-0.3, -0.25) is 10.1 Å². The Hall–Kier alpha value is -0.220. The topological polar surface area (TPSA) is 49.3 Å². The van der Waals surface area contributed by atoms with Crippen LogP contribution in [0.15, 0.2) is 0 Å². The van der Waals surface area contributed by atoms with E-state index >= 15 is 0 Å². The van der Waals surface area contributed by atoms with Gasteiger partial charge in [0.1, 0.15) is 5.54 Å². The minimum absolute atomic E-state index is 0.467. The van der Waals surface area contributed by atoms with Gasteiger partial charge in [-0.1, -0.05) is 20.3 Å². The van der Waals surface area contributed by atoms with Crippen molar-refractivity contribution in [2.24, 2.45) is 5.92 Å². The van der Waals surface area contributed by atoms with Gasteiger partial charge in [-0.25, -0.2) is 0 Å². The third-order valence-electron chi connectivity index (χ3n) is 4.49. The van der Waals surface area contributed by atoms with Crippen LogP contribution in [0.25, 0.3) is 0 Å². The monoisotopic (exact) mass is 285 g/mol. The number of rotatable bonds is 7. The standard InChI is InChI=1S/C15H27NO2S/c1-3-11(2)10-19-13-5-4-8-15(9-13,14(17)18)16-12-6-7-12/h11-13,16H,3-10H2,1-2H3,(H,17,18). The second-order valence-electron chi connectivity index (χ2n) is 6.37. The van der Waals surface area contributed by atoms with E-state index in [4.69, 9.17) is 0 Å². The Labute approximate surface area is 120 Å². The zero-order valence-corrected chi connectivity index (χ0v) is 13.0. The molecule has 3 unspecified atom stereocenters. The Morgan fingerprint density at radius 1 is 1.47 bits per heavy atom. The van der Waals surface area contributed by atoms with Gasteiger partial charge in [-0.2, -0.15) is 11.8 Å². The lowest BCUT2D eigenvalue weighted by molar-refractivity contribution is -0.146. The first kappa shape index (κ1) is 15.2. The van der Waals surface area contributed by atoms with Gasteiger partial charge >= 0.3 is 5.97 Å². The zero-order chi connectivity index (χ0) is 13.9. The SMILES string of the molecule is CCC(C)CSC1CCCC(NC2CC2)(C(=O)O)C1. The van der Waals surface area contributed by atoms with Crippen LogP contribution in [0.4, 0.5) is 0 Å². The van der Waals surface area contributed by atoms with Crippen molar-refractivity contribution in [1.82, 2.24) is 5.32 Å². The molecule has 2 saturated carbocycles. The summed E-state index contributed by atoms with van der Waals surface area (Å²) in [4.78, 5) is 11.7. The summed E-state index contributed by atoms with van der Waals surface area (Å²) in [5.41, 5.74) is -0.632. The number of carboxylic acid groups (broad SMARTS) is 1. The van der Waals surface area contributed by atoms with Gasteiger partial charge in [0.2, 0.25) is 0 Å². The van der Waals surface area contributed by atoms with Crippen molar-refractivity contribution in [3.05, 3.63) is 0 Å². The number of nitrogens with one attached hydrogen (secondary N) is 1.